The van der Waals surface area contributed by atoms with Crippen LogP contribution >= 0.6 is 0 Å². The Bertz CT molecular complexity index is 410. The van der Waals surface area contributed by atoms with E-state index in [2.05, 4.69) is 51.9 Å². The van der Waals surface area contributed by atoms with Gasteiger partial charge in [0.15, 0.2) is 0 Å². The van der Waals surface area contributed by atoms with Crippen molar-refractivity contribution >= 4 is 11.6 Å². The molecule has 0 spiro atoms. The summed E-state index contributed by atoms with van der Waals surface area (Å²) in [6.07, 6.45) is 0. The smallest absolute Gasteiger partial charge is 0.134 e. The van der Waals surface area contributed by atoms with Crippen LogP contribution in [0.4, 0.5) is 11.6 Å². The van der Waals surface area contributed by atoms with Crippen LogP contribution < -0.4 is 10.2 Å². The highest BCUT2D eigenvalue weighted by Crippen LogP contribution is 2.18. The Morgan fingerprint density at radius 3 is 2.47 bits per heavy atom. The Morgan fingerprint density at radius 1 is 1.21 bits per heavy atom. The van der Waals surface area contributed by atoms with Crippen LogP contribution in [0.25, 0.3) is 0 Å². The molecule has 0 bridgehead atoms. The maximum absolute atomic E-state index is 4.57. The van der Waals surface area contributed by atoms with Gasteiger partial charge in [0.25, 0.3) is 0 Å². The summed E-state index contributed by atoms with van der Waals surface area (Å²) in [5, 5.41) is 3.36. The van der Waals surface area contributed by atoms with Crippen molar-refractivity contribution < 1.29 is 0 Å². The van der Waals surface area contributed by atoms with Gasteiger partial charge in [-0.25, -0.2) is 9.97 Å². The summed E-state index contributed by atoms with van der Waals surface area (Å²) in [6, 6.07) is 2.45. The molecule has 1 aromatic rings. The number of anilines is 2. The lowest BCUT2D eigenvalue weighted by Crippen LogP contribution is -2.46. The SMILES string of the molecule is CCN1CCN(c2cc(NC(C)C)nc(C)n2)CC1. The number of nitrogens with one attached hydrogen (secondary N) is 1. The molecule has 5 heteroatoms. The standard InChI is InChI=1S/C14H25N5/c1-5-18-6-8-19(9-7-18)14-10-13(15-11(2)3)16-12(4)17-14/h10-11H,5-9H2,1-4H3,(H,15,16,17). The summed E-state index contributed by atoms with van der Waals surface area (Å²) in [5.41, 5.74) is 0. The van der Waals surface area contributed by atoms with Crippen LogP contribution in [-0.2, 0) is 0 Å². The summed E-state index contributed by atoms with van der Waals surface area (Å²) < 4.78 is 0. The Kier molecular flexibility index (Phi) is 4.58. The lowest BCUT2D eigenvalue weighted by atomic mass is 10.3. The normalized spacial score (nSPS) is 17.0. The summed E-state index contributed by atoms with van der Waals surface area (Å²) in [6.45, 7) is 13.9. The van der Waals surface area contributed by atoms with E-state index in [0.29, 0.717) is 6.04 Å². The number of aryl methyl sites for hydroxylation is 1. The molecule has 1 aliphatic rings. The number of likely N-dealkylation sites (N-methyl/N-ethyl adjacent to an activating group) is 1. The number of hydrogen-bond donors (Lipinski definition) is 1. The molecule has 1 N–H and O–H groups in total. The minimum absolute atomic E-state index is 0.388. The van der Waals surface area contributed by atoms with Crippen molar-refractivity contribution in [3.63, 3.8) is 0 Å². The van der Waals surface area contributed by atoms with E-state index >= 15 is 0 Å². The van der Waals surface area contributed by atoms with E-state index < -0.39 is 0 Å². The minimum atomic E-state index is 0.388. The quantitative estimate of drug-likeness (QED) is 0.896. The van der Waals surface area contributed by atoms with Crippen molar-refractivity contribution in [1.82, 2.24) is 14.9 Å². The average Bonchev–Trinajstić information content (AvgIpc) is 2.37. The number of aromatic nitrogens is 2. The topological polar surface area (TPSA) is 44.3 Å². The lowest BCUT2D eigenvalue weighted by molar-refractivity contribution is 0.270. The van der Waals surface area contributed by atoms with Crippen molar-refractivity contribution in [2.75, 3.05) is 42.9 Å². The van der Waals surface area contributed by atoms with Crippen molar-refractivity contribution in [2.45, 2.75) is 33.7 Å². The fourth-order valence-electron chi connectivity index (χ4n) is 2.38. The van der Waals surface area contributed by atoms with E-state index in [9.17, 15) is 0 Å². The Labute approximate surface area is 116 Å². The fourth-order valence-corrected chi connectivity index (χ4v) is 2.38. The van der Waals surface area contributed by atoms with Gasteiger partial charge in [0, 0.05) is 38.3 Å². The highest BCUT2D eigenvalue weighted by molar-refractivity contribution is 5.50. The van der Waals surface area contributed by atoms with Gasteiger partial charge in [0.05, 0.1) is 0 Å². The molecule has 0 aliphatic carbocycles. The lowest BCUT2D eigenvalue weighted by Gasteiger charge is -2.35. The van der Waals surface area contributed by atoms with E-state index in [-0.39, 0.29) is 0 Å². The van der Waals surface area contributed by atoms with Gasteiger partial charge >= 0.3 is 0 Å². The van der Waals surface area contributed by atoms with Gasteiger partial charge in [-0.15, -0.1) is 0 Å². The minimum Gasteiger partial charge on any atom is -0.368 e. The van der Waals surface area contributed by atoms with Crippen LogP contribution in [0.1, 0.15) is 26.6 Å². The maximum Gasteiger partial charge on any atom is 0.134 e. The molecule has 106 valence electrons. The van der Waals surface area contributed by atoms with Crippen LogP contribution in [-0.4, -0.2) is 53.6 Å². The van der Waals surface area contributed by atoms with E-state index in [1.807, 2.05) is 6.92 Å². The van der Waals surface area contributed by atoms with Gasteiger partial charge in [0.1, 0.15) is 17.5 Å². The second-order valence-corrected chi connectivity index (χ2v) is 5.38. The fraction of sp³-hybridized carbons (Fsp3) is 0.714. The number of nitrogens with zero attached hydrogens (tertiary/aromatic N) is 4. The highest BCUT2D eigenvalue weighted by Gasteiger charge is 2.17. The van der Waals surface area contributed by atoms with Crippen LogP contribution in [0.15, 0.2) is 6.07 Å². The number of piperazine rings is 1. The largest absolute Gasteiger partial charge is 0.368 e. The van der Waals surface area contributed by atoms with E-state index in [1.165, 1.54) is 0 Å². The summed E-state index contributed by atoms with van der Waals surface area (Å²) in [4.78, 5) is 13.8. The second-order valence-electron chi connectivity index (χ2n) is 5.38. The molecule has 0 amide bonds. The Morgan fingerprint density at radius 2 is 1.89 bits per heavy atom. The van der Waals surface area contributed by atoms with E-state index in [0.717, 1.165) is 50.2 Å². The third-order valence-electron chi connectivity index (χ3n) is 3.40. The van der Waals surface area contributed by atoms with Crippen molar-refractivity contribution in [3.05, 3.63) is 11.9 Å². The molecule has 19 heavy (non-hydrogen) atoms. The van der Waals surface area contributed by atoms with Crippen molar-refractivity contribution in [2.24, 2.45) is 0 Å². The molecule has 1 saturated heterocycles. The molecule has 2 heterocycles. The molecule has 0 radical (unpaired) electrons. The summed E-state index contributed by atoms with van der Waals surface area (Å²) in [7, 11) is 0. The predicted octanol–water partition coefficient (Wildman–Crippen LogP) is 1.75. The van der Waals surface area contributed by atoms with Crippen LogP contribution in [0.2, 0.25) is 0 Å². The molecule has 0 aromatic carbocycles. The monoisotopic (exact) mass is 263 g/mol. The first-order valence-electron chi connectivity index (χ1n) is 7.18. The molecule has 1 fully saturated rings. The third kappa shape index (κ3) is 3.80. The van der Waals surface area contributed by atoms with Gasteiger partial charge in [-0.05, 0) is 27.3 Å². The molecule has 0 unspecified atom stereocenters. The molecule has 2 rings (SSSR count). The first kappa shape index (κ1) is 14.1. The predicted molar refractivity (Wildman–Crippen MR) is 79.9 cm³/mol. The molecule has 0 saturated carbocycles. The molecule has 0 atom stereocenters. The molecule has 1 aliphatic heterocycles. The van der Waals surface area contributed by atoms with Crippen molar-refractivity contribution in [3.8, 4) is 0 Å². The molecule has 1 aromatic heterocycles. The van der Waals surface area contributed by atoms with Gasteiger partial charge in [-0.2, -0.15) is 0 Å². The van der Waals surface area contributed by atoms with Crippen LogP contribution in [0, 0.1) is 6.92 Å². The van der Waals surface area contributed by atoms with Gasteiger partial charge in [-0.3, -0.25) is 0 Å². The van der Waals surface area contributed by atoms with Crippen molar-refractivity contribution in [1.29, 1.82) is 0 Å². The summed E-state index contributed by atoms with van der Waals surface area (Å²) >= 11 is 0. The molecular weight excluding hydrogens is 238 g/mol. The molecule has 5 nitrogen and oxygen atoms in total. The zero-order valence-corrected chi connectivity index (χ0v) is 12.5. The second kappa shape index (κ2) is 6.19. The van der Waals surface area contributed by atoms with Gasteiger partial charge in [0.2, 0.25) is 0 Å². The molecular formula is C14H25N5. The van der Waals surface area contributed by atoms with Gasteiger partial charge in [-0.1, -0.05) is 6.92 Å². The van der Waals surface area contributed by atoms with E-state index in [1.54, 1.807) is 0 Å². The Balaban J connectivity index is 2.09. The zero-order valence-electron chi connectivity index (χ0n) is 12.5. The maximum atomic E-state index is 4.57. The third-order valence-corrected chi connectivity index (χ3v) is 3.40. The van der Waals surface area contributed by atoms with Crippen LogP contribution in [0.5, 0.6) is 0 Å². The first-order chi connectivity index (χ1) is 9.08. The number of rotatable bonds is 4. The number of hydrogen-bond acceptors (Lipinski definition) is 5. The average molecular weight is 263 g/mol. The zero-order chi connectivity index (χ0) is 13.8. The van der Waals surface area contributed by atoms with E-state index in [4.69, 9.17) is 0 Å². The Hall–Kier alpha value is -1.36. The summed E-state index contributed by atoms with van der Waals surface area (Å²) in [5.74, 6) is 2.81. The first-order valence-corrected chi connectivity index (χ1v) is 7.18. The van der Waals surface area contributed by atoms with Gasteiger partial charge < -0.3 is 15.1 Å². The highest BCUT2D eigenvalue weighted by atomic mass is 15.3. The van der Waals surface area contributed by atoms with Crippen LogP contribution in [0.3, 0.4) is 0 Å².